The fourth-order valence-corrected chi connectivity index (χ4v) is 2.25. The molecule has 1 amide bonds. The zero-order chi connectivity index (χ0) is 15.2. The first-order valence-corrected chi connectivity index (χ1v) is 7.28. The van der Waals surface area contributed by atoms with Crippen LogP contribution in [0.15, 0.2) is 48.8 Å². The molecule has 112 valence electrons. The van der Waals surface area contributed by atoms with Gasteiger partial charge in [-0.25, -0.2) is 0 Å². The van der Waals surface area contributed by atoms with Gasteiger partial charge in [-0.3, -0.25) is 14.2 Å². The van der Waals surface area contributed by atoms with Gasteiger partial charge < -0.3 is 5.32 Å². The number of aromatic nitrogens is 4. The van der Waals surface area contributed by atoms with Crippen LogP contribution in [0.5, 0.6) is 0 Å². The molecule has 0 aliphatic heterocycles. The summed E-state index contributed by atoms with van der Waals surface area (Å²) in [5.74, 6) is 0.910. The normalized spacial score (nSPS) is 10.7. The van der Waals surface area contributed by atoms with E-state index >= 15 is 0 Å². The Balaban J connectivity index is 1.45. The highest BCUT2D eigenvalue weighted by Gasteiger charge is 2.06. The molecule has 3 aromatic heterocycles. The molecule has 3 rings (SSSR count). The minimum Gasteiger partial charge on any atom is -0.350 e. The summed E-state index contributed by atoms with van der Waals surface area (Å²) in [5, 5.41) is 11.1. The van der Waals surface area contributed by atoms with Crippen molar-refractivity contribution < 1.29 is 4.79 Å². The lowest BCUT2D eigenvalue weighted by Gasteiger charge is -2.04. The van der Waals surface area contributed by atoms with Gasteiger partial charge in [-0.1, -0.05) is 12.1 Å². The van der Waals surface area contributed by atoms with Gasteiger partial charge in [0.25, 0.3) is 0 Å². The summed E-state index contributed by atoms with van der Waals surface area (Å²) in [7, 11) is 0. The number of hydrogen-bond acceptors (Lipinski definition) is 4. The van der Waals surface area contributed by atoms with Crippen LogP contribution in [0.2, 0.25) is 0 Å². The highest BCUT2D eigenvalue weighted by atomic mass is 16.1. The quantitative estimate of drug-likeness (QED) is 0.752. The maximum absolute atomic E-state index is 11.8. The van der Waals surface area contributed by atoms with E-state index in [-0.39, 0.29) is 5.91 Å². The van der Waals surface area contributed by atoms with E-state index in [1.165, 1.54) is 0 Å². The molecule has 0 radical (unpaired) electrons. The van der Waals surface area contributed by atoms with Crippen LogP contribution in [0.3, 0.4) is 0 Å². The lowest BCUT2D eigenvalue weighted by Crippen LogP contribution is -2.23. The molecule has 0 atom stereocenters. The van der Waals surface area contributed by atoms with Gasteiger partial charge >= 0.3 is 0 Å². The number of carbonyl (C=O) groups excluding carboxylic acids is 1. The zero-order valence-corrected chi connectivity index (χ0v) is 12.1. The second-order valence-corrected chi connectivity index (χ2v) is 5.00. The number of hydrogen-bond donors (Lipinski definition) is 1. The van der Waals surface area contributed by atoms with Gasteiger partial charge in [0.1, 0.15) is 5.82 Å². The molecule has 0 unspecified atom stereocenters. The molecule has 22 heavy (non-hydrogen) atoms. The topological polar surface area (TPSA) is 72.2 Å². The fourth-order valence-electron chi connectivity index (χ4n) is 2.25. The molecule has 6 heteroatoms. The Bertz CT molecular complexity index is 753. The molecule has 0 aliphatic carbocycles. The van der Waals surface area contributed by atoms with Crippen molar-refractivity contribution in [3.05, 3.63) is 60.3 Å². The number of nitrogens with one attached hydrogen (secondary N) is 1. The molecule has 1 N–H and O–H groups in total. The van der Waals surface area contributed by atoms with Gasteiger partial charge in [0, 0.05) is 25.2 Å². The Kier molecular flexibility index (Phi) is 4.38. The highest BCUT2D eigenvalue weighted by molar-refractivity contribution is 5.75. The summed E-state index contributed by atoms with van der Waals surface area (Å²) in [6, 6.07) is 11.4. The Morgan fingerprint density at radius 1 is 1.14 bits per heavy atom. The number of nitrogens with zero attached hydrogens (tertiary/aromatic N) is 4. The van der Waals surface area contributed by atoms with Gasteiger partial charge in [0.05, 0.1) is 12.2 Å². The third-order valence-electron chi connectivity index (χ3n) is 3.38. The molecule has 0 aliphatic rings. The predicted octanol–water partition coefficient (Wildman–Crippen LogP) is 1.76. The average Bonchev–Trinajstić information content (AvgIpc) is 2.97. The van der Waals surface area contributed by atoms with E-state index < -0.39 is 0 Å². The number of aryl methyl sites for hydroxylation is 1. The lowest BCUT2D eigenvalue weighted by atomic mass is 10.2. The number of rotatable bonds is 6. The predicted molar refractivity (Wildman–Crippen MR) is 82.0 cm³/mol. The van der Waals surface area contributed by atoms with E-state index in [0.717, 1.165) is 30.0 Å². The number of pyridine rings is 2. The number of fused-ring (bicyclic) bond motifs is 1. The van der Waals surface area contributed by atoms with Crippen LogP contribution in [0, 0.1) is 0 Å². The summed E-state index contributed by atoms with van der Waals surface area (Å²) >= 11 is 0. The van der Waals surface area contributed by atoms with Crippen LogP contribution < -0.4 is 5.32 Å². The van der Waals surface area contributed by atoms with Crippen molar-refractivity contribution in [3.63, 3.8) is 0 Å². The largest absolute Gasteiger partial charge is 0.350 e. The van der Waals surface area contributed by atoms with Crippen LogP contribution in [-0.2, 0) is 17.8 Å². The smallest absolute Gasteiger partial charge is 0.220 e. The van der Waals surface area contributed by atoms with Gasteiger partial charge in [-0.05, 0) is 30.7 Å². The maximum Gasteiger partial charge on any atom is 0.220 e. The summed E-state index contributed by atoms with van der Waals surface area (Å²) in [5.41, 5.74) is 1.69. The van der Waals surface area contributed by atoms with Crippen molar-refractivity contribution in [2.45, 2.75) is 25.8 Å². The van der Waals surface area contributed by atoms with Crippen molar-refractivity contribution in [1.82, 2.24) is 24.9 Å². The second kappa shape index (κ2) is 6.80. The molecule has 3 aromatic rings. The van der Waals surface area contributed by atoms with Gasteiger partial charge in [0.15, 0.2) is 5.65 Å². The van der Waals surface area contributed by atoms with Crippen molar-refractivity contribution in [2.24, 2.45) is 0 Å². The third-order valence-corrected chi connectivity index (χ3v) is 3.38. The first-order chi connectivity index (χ1) is 10.8. The summed E-state index contributed by atoms with van der Waals surface area (Å²) < 4.78 is 1.95. The highest BCUT2D eigenvalue weighted by Crippen LogP contribution is 2.06. The molecule has 3 heterocycles. The van der Waals surface area contributed by atoms with E-state index in [4.69, 9.17) is 0 Å². The Labute approximate surface area is 128 Å². The van der Waals surface area contributed by atoms with Crippen molar-refractivity contribution in [3.8, 4) is 0 Å². The van der Waals surface area contributed by atoms with E-state index in [0.29, 0.717) is 13.0 Å². The Hall–Kier alpha value is -2.76. The number of carbonyl (C=O) groups is 1. The van der Waals surface area contributed by atoms with E-state index in [1.807, 2.05) is 47.0 Å². The van der Waals surface area contributed by atoms with Crippen LogP contribution in [-0.4, -0.2) is 25.5 Å². The molecular weight excluding hydrogens is 278 g/mol. The molecule has 0 saturated carbocycles. The molecule has 0 bridgehead atoms. The van der Waals surface area contributed by atoms with Gasteiger partial charge in [-0.15, -0.1) is 10.2 Å². The van der Waals surface area contributed by atoms with E-state index in [2.05, 4.69) is 20.5 Å². The lowest BCUT2D eigenvalue weighted by molar-refractivity contribution is -0.121. The summed E-state index contributed by atoms with van der Waals surface area (Å²) in [6.07, 6.45) is 5.59. The average molecular weight is 295 g/mol. The molecule has 0 spiro atoms. The fraction of sp³-hybridized carbons (Fsp3) is 0.250. The van der Waals surface area contributed by atoms with Gasteiger partial charge in [-0.2, -0.15) is 0 Å². The monoisotopic (exact) mass is 295 g/mol. The Morgan fingerprint density at radius 3 is 2.91 bits per heavy atom. The summed E-state index contributed by atoms with van der Waals surface area (Å²) in [6.45, 7) is 0.466. The minimum absolute atomic E-state index is 0.0273. The van der Waals surface area contributed by atoms with Crippen LogP contribution in [0.4, 0.5) is 0 Å². The molecular formula is C16H17N5O. The van der Waals surface area contributed by atoms with Crippen molar-refractivity contribution in [1.29, 1.82) is 0 Å². The van der Waals surface area contributed by atoms with E-state index in [1.54, 1.807) is 6.20 Å². The molecule has 0 aromatic carbocycles. The van der Waals surface area contributed by atoms with Crippen molar-refractivity contribution >= 4 is 11.6 Å². The maximum atomic E-state index is 11.8. The van der Waals surface area contributed by atoms with Crippen molar-refractivity contribution in [2.75, 3.05) is 0 Å². The third kappa shape index (κ3) is 3.46. The second-order valence-electron chi connectivity index (χ2n) is 5.00. The molecule has 6 nitrogen and oxygen atoms in total. The van der Waals surface area contributed by atoms with Gasteiger partial charge in [0.2, 0.25) is 5.91 Å². The standard InChI is InChI=1S/C16H17N5O/c22-16(18-12-13-6-1-3-10-17-13)9-5-8-15-20-19-14-7-2-4-11-21(14)15/h1-4,6-7,10-11H,5,8-9,12H2,(H,18,22). The molecule has 0 saturated heterocycles. The molecule has 0 fully saturated rings. The minimum atomic E-state index is 0.0273. The van der Waals surface area contributed by atoms with E-state index in [9.17, 15) is 4.79 Å². The zero-order valence-electron chi connectivity index (χ0n) is 12.1. The first-order valence-electron chi connectivity index (χ1n) is 7.28. The SMILES string of the molecule is O=C(CCCc1nnc2ccccn12)NCc1ccccn1. The Morgan fingerprint density at radius 2 is 2.05 bits per heavy atom. The summed E-state index contributed by atoms with van der Waals surface area (Å²) in [4.78, 5) is 16.0. The van der Waals surface area contributed by atoms with Crippen LogP contribution in [0.1, 0.15) is 24.4 Å². The first kappa shape index (κ1) is 14.2. The van der Waals surface area contributed by atoms with Crippen LogP contribution >= 0.6 is 0 Å². The number of amides is 1. The van der Waals surface area contributed by atoms with Crippen LogP contribution in [0.25, 0.3) is 5.65 Å².